The molecular formula is C12H9F2NO4. The molecule has 19 heavy (non-hydrogen) atoms. The topological polar surface area (TPSA) is 57.5 Å². The van der Waals surface area contributed by atoms with E-state index in [1.807, 2.05) is 0 Å². The van der Waals surface area contributed by atoms with Crippen molar-refractivity contribution in [1.82, 2.24) is 4.73 Å². The lowest BCUT2D eigenvalue weighted by Crippen LogP contribution is -2.22. The van der Waals surface area contributed by atoms with Crippen LogP contribution in [0, 0.1) is 11.6 Å². The lowest BCUT2D eigenvalue weighted by atomic mass is 10.1. The third-order valence-corrected chi connectivity index (χ3v) is 2.61. The molecule has 2 rings (SSSR count). The summed E-state index contributed by atoms with van der Waals surface area (Å²) < 4.78 is 31.8. The number of carbonyl (C=O) groups is 1. The molecule has 0 amide bonds. The van der Waals surface area contributed by atoms with Gasteiger partial charge in [-0.3, -0.25) is 4.79 Å². The van der Waals surface area contributed by atoms with E-state index in [4.69, 9.17) is 4.84 Å². The van der Waals surface area contributed by atoms with Gasteiger partial charge in [-0.2, -0.15) is 4.73 Å². The van der Waals surface area contributed by atoms with Crippen molar-refractivity contribution in [2.45, 2.75) is 0 Å². The fraction of sp³-hybridized carbons (Fsp3) is 0.167. The van der Waals surface area contributed by atoms with Gasteiger partial charge < -0.3 is 9.57 Å². The Bertz CT molecular complexity index is 724. The molecule has 0 spiro atoms. The largest absolute Gasteiger partial charge is 0.465 e. The van der Waals surface area contributed by atoms with Gasteiger partial charge in [0.2, 0.25) is 5.43 Å². The van der Waals surface area contributed by atoms with Crippen LogP contribution >= 0.6 is 0 Å². The van der Waals surface area contributed by atoms with E-state index in [1.54, 1.807) is 0 Å². The first-order valence-electron chi connectivity index (χ1n) is 5.16. The van der Waals surface area contributed by atoms with E-state index >= 15 is 0 Å². The number of benzene rings is 1. The van der Waals surface area contributed by atoms with Crippen LogP contribution in [0.1, 0.15) is 10.4 Å². The molecule has 0 saturated heterocycles. The molecule has 0 bridgehead atoms. The van der Waals surface area contributed by atoms with Gasteiger partial charge in [0.25, 0.3) is 0 Å². The van der Waals surface area contributed by atoms with Gasteiger partial charge in [0.05, 0.1) is 24.2 Å². The second-order valence-corrected chi connectivity index (χ2v) is 3.66. The fourth-order valence-corrected chi connectivity index (χ4v) is 1.70. The highest BCUT2D eigenvalue weighted by Crippen LogP contribution is 2.16. The lowest BCUT2D eigenvalue weighted by molar-refractivity contribution is 0.0595. The summed E-state index contributed by atoms with van der Waals surface area (Å²) in [7, 11) is 2.36. The lowest BCUT2D eigenvalue weighted by Gasteiger charge is -2.11. The number of hydrogen-bond acceptors (Lipinski definition) is 4. The quantitative estimate of drug-likeness (QED) is 0.767. The molecule has 0 N–H and O–H groups in total. The number of aromatic nitrogens is 1. The Balaban J connectivity index is 2.92. The molecule has 5 nitrogen and oxygen atoms in total. The van der Waals surface area contributed by atoms with Crippen molar-refractivity contribution in [3.63, 3.8) is 0 Å². The molecule has 2 aromatic rings. The molecule has 0 aliphatic carbocycles. The van der Waals surface area contributed by atoms with Gasteiger partial charge >= 0.3 is 5.97 Å². The smallest absolute Gasteiger partial charge is 0.343 e. The van der Waals surface area contributed by atoms with E-state index in [1.165, 1.54) is 7.11 Å². The van der Waals surface area contributed by atoms with Gasteiger partial charge in [0.1, 0.15) is 12.7 Å². The maximum atomic E-state index is 13.2. The van der Waals surface area contributed by atoms with Crippen molar-refractivity contribution in [3.05, 3.63) is 45.8 Å². The second-order valence-electron chi connectivity index (χ2n) is 3.66. The van der Waals surface area contributed by atoms with Crippen LogP contribution < -0.4 is 10.3 Å². The third-order valence-electron chi connectivity index (χ3n) is 2.61. The van der Waals surface area contributed by atoms with Crippen molar-refractivity contribution < 1.29 is 23.1 Å². The van der Waals surface area contributed by atoms with E-state index in [-0.39, 0.29) is 16.5 Å². The van der Waals surface area contributed by atoms with Crippen LogP contribution in [0.4, 0.5) is 8.78 Å². The Morgan fingerprint density at radius 3 is 2.42 bits per heavy atom. The van der Waals surface area contributed by atoms with Crippen molar-refractivity contribution in [2.75, 3.05) is 14.2 Å². The second kappa shape index (κ2) is 4.68. The van der Waals surface area contributed by atoms with Crippen LogP contribution in [0.5, 0.6) is 0 Å². The van der Waals surface area contributed by atoms with Crippen molar-refractivity contribution >= 4 is 16.9 Å². The number of hydrogen-bond donors (Lipinski definition) is 0. The summed E-state index contributed by atoms with van der Waals surface area (Å²) in [6.07, 6.45) is 1.06. The first-order valence-corrected chi connectivity index (χ1v) is 5.16. The Morgan fingerprint density at radius 1 is 1.21 bits per heavy atom. The Morgan fingerprint density at radius 2 is 1.84 bits per heavy atom. The average molecular weight is 269 g/mol. The van der Waals surface area contributed by atoms with E-state index < -0.39 is 23.0 Å². The predicted molar refractivity (Wildman–Crippen MR) is 62.0 cm³/mol. The molecule has 1 heterocycles. The van der Waals surface area contributed by atoms with Crippen molar-refractivity contribution in [3.8, 4) is 0 Å². The summed E-state index contributed by atoms with van der Waals surface area (Å²) in [6.45, 7) is 0. The Hall–Kier alpha value is -2.44. The molecule has 100 valence electrons. The molecular weight excluding hydrogens is 260 g/mol. The summed E-state index contributed by atoms with van der Waals surface area (Å²) in [6, 6.07) is 1.53. The highest BCUT2D eigenvalue weighted by atomic mass is 19.2. The molecule has 7 heteroatoms. The van der Waals surface area contributed by atoms with Crippen LogP contribution in [0.3, 0.4) is 0 Å². The Kier molecular flexibility index (Phi) is 3.20. The van der Waals surface area contributed by atoms with Crippen LogP contribution in [0.15, 0.2) is 23.1 Å². The van der Waals surface area contributed by atoms with Gasteiger partial charge in [-0.15, -0.1) is 0 Å². The number of fused-ring (bicyclic) bond motifs is 1. The van der Waals surface area contributed by atoms with Crippen LogP contribution in [-0.4, -0.2) is 24.9 Å². The molecule has 0 fully saturated rings. The maximum Gasteiger partial charge on any atom is 0.343 e. The van der Waals surface area contributed by atoms with Gasteiger partial charge in [-0.25, -0.2) is 13.6 Å². The van der Waals surface area contributed by atoms with E-state index in [0.29, 0.717) is 0 Å². The Labute approximate surface area is 105 Å². The normalized spacial score (nSPS) is 10.5. The summed E-state index contributed by atoms with van der Waals surface area (Å²) in [4.78, 5) is 28.3. The van der Waals surface area contributed by atoms with Gasteiger partial charge in [-0.1, -0.05) is 0 Å². The average Bonchev–Trinajstić information content (AvgIpc) is 2.41. The fourth-order valence-electron chi connectivity index (χ4n) is 1.70. The van der Waals surface area contributed by atoms with E-state index in [9.17, 15) is 18.4 Å². The number of methoxy groups -OCH3 is 1. The summed E-state index contributed by atoms with van der Waals surface area (Å²) >= 11 is 0. The van der Waals surface area contributed by atoms with Gasteiger partial charge in [-0.05, 0) is 6.07 Å². The predicted octanol–water partition coefficient (Wildman–Crippen LogP) is 1.12. The number of esters is 1. The minimum Gasteiger partial charge on any atom is -0.465 e. The summed E-state index contributed by atoms with van der Waals surface area (Å²) in [5, 5.41) is -0.177. The molecule has 0 atom stereocenters. The third kappa shape index (κ3) is 2.03. The number of ether oxygens (including phenoxy) is 1. The monoisotopic (exact) mass is 269 g/mol. The number of rotatable bonds is 2. The maximum absolute atomic E-state index is 13.2. The van der Waals surface area contributed by atoms with E-state index in [2.05, 4.69) is 4.74 Å². The summed E-state index contributed by atoms with van der Waals surface area (Å²) in [5.41, 5.74) is -1.07. The number of nitrogens with zero attached hydrogens (tertiary/aromatic N) is 1. The molecule has 0 saturated carbocycles. The minimum atomic E-state index is -1.19. The van der Waals surface area contributed by atoms with Crippen molar-refractivity contribution in [1.29, 1.82) is 0 Å². The molecule has 1 aromatic heterocycles. The summed E-state index contributed by atoms with van der Waals surface area (Å²) in [5.74, 6) is -3.19. The highest BCUT2D eigenvalue weighted by Gasteiger charge is 2.18. The van der Waals surface area contributed by atoms with E-state index in [0.717, 1.165) is 30.2 Å². The molecule has 0 unspecified atom stereocenters. The zero-order chi connectivity index (χ0) is 14.2. The van der Waals surface area contributed by atoms with Crippen LogP contribution in [0.25, 0.3) is 10.9 Å². The minimum absolute atomic E-state index is 0.0130. The zero-order valence-electron chi connectivity index (χ0n) is 10.1. The highest BCUT2D eigenvalue weighted by molar-refractivity contribution is 5.93. The molecule has 0 radical (unpaired) electrons. The standard InChI is InChI=1S/C12H9F2NO4/c1-18-12(17)7-5-15(19-2)10-4-9(14)8(13)3-6(10)11(7)16/h3-5H,1-2H3. The number of pyridine rings is 1. The van der Waals surface area contributed by atoms with Gasteiger partial charge in [0, 0.05) is 6.07 Å². The zero-order valence-corrected chi connectivity index (χ0v) is 10.1. The SMILES string of the molecule is COC(=O)c1cn(OC)c2cc(F)c(F)cc2c1=O. The van der Waals surface area contributed by atoms with Crippen molar-refractivity contribution in [2.24, 2.45) is 0 Å². The molecule has 0 aliphatic heterocycles. The number of carbonyl (C=O) groups excluding carboxylic acids is 1. The van der Waals surface area contributed by atoms with Gasteiger partial charge in [0.15, 0.2) is 11.6 Å². The number of halogens is 2. The first-order chi connectivity index (χ1) is 8.99. The van der Waals surface area contributed by atoms with Crippen LogP contribution in [-0.2, 0) is 4.74 Å². The molecule has 0 aliphatic rings. The molecule has 1 aromatic carbocycles. The first kappa shape index (κ1) is 13.0. The van der Waals surface area contributed by atoms with Crippen LogP contribution in [0.2, 0.25) is 0 Å².